The van der Waals surface area contributed by atoms with Crippen LogP contribution in [0, 0.1) is 10.1 Å². The Morgan fingerprint density at radius 3 is 2.48 bits per heavy atom. The Labute approximate surface area is 161 Å². The number of amides is 2. The maximum absolute atomic E-state index is 12.2. The van der Waals surface area contributed by atoms with Crippen LogP contribution in [0.1, 0.15) is 9.67 Å². The first kappa shape index (κ1) is 18.6. The predicted molar refractivity (Wildman–Crippen MR) is 101 cm³/mol. The van der Waals surface area contributed by atoms with E-state index in [1.807, 2.05) is 24.3 Å². The van der Waals surface area contributed by atoms with Crippen LogP contribution in [0.25, 0.3) is 10.1 Å². The van der Waals surface area contributed by atoms with Crippen molar-refractivity contribution in [2.45, 2.75) is 0 Å². The van der Waals surface area contributed by atoms with Crippen molar-refractivity contribution in [3.05, 3.63) is 68.5 Å². The van der Waals surface area contributed by atoms with E-state index in [1.165, 1.54) is 35.6 Å². The summed E-state index contributed by atoms with van der Waals surface area (Å²) < 4.78 is 6.06. The molecule has 0 bridgehead atoms. The number of hydrogen-bond acceptors (Lipinski definition) is 6. The molecule has 138 valence electrons. The minimum Gasteiger partial charge on any atom is -0.484 e. The molecule has 0 atom stereocenters. The first-order valence-corrected chi connectivity index (χ1v) is 8.78. The molecule has 0 unspecified atom stereocenters. The zero-order valence-corrected chi connectivity index (χ0v) is 15.2. The van der Waals surface area contributed by atoms with Crippen LogP contribution in [0.5, 0.6) is 5.75 Å². The number of nitro groups is 1. The summed E-state index contributed by atoms with van der Waals surface area (Å²) in [5.74, 6) is -0.849. The Morgan fingerprint density at radius 1 is 1.11 bits per heavy atom. The van der Waals surface area contributed by atoms with Gasteiger partial charge in [-0.3, -0.25) is 30.6 Å². The number of benzene rings is 2. The molecule has 0 radical (unpaired) electrons. The van der Waals surface area contributed by atoms with Crippen molar-refractivity contribution >= 4 is 50.5 Å². The normalized spacial score (nSPS) is 10.4. The van der Waals surface area contributed by atoms with Gasteiger partial charge < -0.3 is 4.74 Å². The summed E-state index contributed by atoms with van der Waals surface area (Å²) in [4.78, 5) is 34.3. The van der Waals surface area contributed by atoms with E-state index in [0.29, 0.717) is 5.02 Å². The first-order chi connectivity index (χ1) is 13.0. The Kier molecular flexibility index (Phi) is 5.53. The second-order valence-corrected chi connectivity index (χ2v) is 6.71. The van der Waals surface area contributed by atoms with Gasteiger partial charge in [-0.15, -0.1) is 11.3 Å². The molecule has 0 aliphatic carbocycles. The second kappa shape index (κ2) is 8.02. The molecule has 10 heteroatoms. The third-order valence-corrected chi connectivity index (χ3v) is 5.15. The van der Waals surface area contributed by atoms with Crippen molar-refractivity contribution < 1.29 is 19.2 Å². The van der Waals surface area contributed by atoms with Gasteiger partial charge in [0, 0.05) is 22.2 Å². The number of thiophene rings is 1. The molecule has 0 aliphatic rings. The van der Waals surface area contributed by atoms with Crippen LogP contribution < -0.4 is 15.6 Å². The minimum absolute atomic E-state index is 0.0840. The molecule has 2 N–H and O–H groups in total. The van der Waals surface area contributed by atoms with Gasteiger partial charge >= 0.3 is 0 Å². The maximum Gasteiger partial charge on any atom is 0.281 e. The Hall–Kier alpha value is -3.17. The molecule has 27 heavy (non-hydrogen) atoms. The van der Waals surface area contributed by atoms with Crippen LogP contribution in [0.4, 0.5) is 5.69 Å². The SMILES string of the molecule is O=C(COc1ccc([N+](=O)[O-])cc1)NNC(=O)c1sc2ccccc2c1Cl. The highest BCUT2D eigenvalue weighted by Crippen LogP contribution is 2.34. The number of rotatable bonds is 5. The van der Waals surface area contributed by atoms with E-state index in [1.54, 1.807) is 0 Å². The monoisotopic (exact) mass is 405 g/mol. The highest BCUT2D eigenvalue weighted by molar-refractivity contribution is 7.21. The molecular weight excluding hydrogens is 394 g/mol. The molecule has 0 aliphatic heterocycles. The average molecular weight is 406 g/mol. The van der Waals surface area contributed by atoms with Crippen molar-refractivity contribution in [2.75, 3.05) is 6.61 Å². The molecule has 0 fully saturated rings. The molecule has 1 heterocycles. The van der Waals surface area contributed by atoms with Gasteiger partial charge in [-0.1, -0.05) is 29.8 Å². The summed E-state index contributed by atoms with van der Waals surface area (Å²) in [7, 11) is 0. The Morgan fingerprint density at radius 2 is 1.81 bits per heavy atom. The number of carbonyl (C=O) groups excluding carboxylic acids is 2. The van der Waals surface area contributed by atoms with Gasteiger partial charge in [0.15, 0.2) is 6.61 Å². The van der Waals surface area contributed by atoms with Gasteiger partial charge in [0.25, 0.3) is 17.5 Å². The fourth-order valence-corrected chi connectivity index (χ4v) is 3.60. The number of nitrogens with zero attached hydrogens (tertiary/aromatic N) is 1. The Bertz CT molecular complexity index is 1020. The largest absolute Gasteiger partial charge is 0.484 e. The van der Waals surface area contributed by atoms with Crippen LogP contribution in [0.15, 0.2) is 48.5 Å². The zero-order valence-electron chi connectivity index (χ0n) is 13.6. The molecule has 1 aromatic heterocycles. The quantitative estimate of drug-likeness (QED) is 0.499. The lowest BCUT2D eigenvalue weighted by Crippen LogP contribution is -2.43. The molecule has 3 aromatic rings. The van der Waals surface area contributed by atoms with Crippen LogP contribution in [0.3, 0.4) is 0 Å². The summed E-state index contributed by atoms with van der Waals surface area (Å²) >= 11 is 7.42. The van der Waals surface area contributed by atoms with E-state index in [2.05, 4.69) is 10.9 Å². The lowest BCUT2D eigenvalue weighted by Gasteiger charge is -2.08. The standard InChI is InChI=1S/C17H12ClN3O5S/c18-15-12-3-1-2-4-13(12)27-16(15)17(23)20-19-14(22)9-26-11-7-5-10(6-8-11)21(24)25/h1-8H,9H2,(H,19,22)(H,20,23). The van der Waals surface area contributed by atoms with Crippen LogP contribution in [0.2, 0.25) is 5.02 Å². The fraction of sp³-hybridized carbons (Fsp3) is 0.0588. The van der Waals surface area contributed by atoms with E-state index >= 15 is 0 Å². The van der Waals surface area contributed by atoms with Crippen molar-refractivity contribution in [1.82, 2.24) is 10.9 Å². The zero-order chi connectivity index (χ0) is 19.4. The number of nitrogens with one attached hydrogen (secondary N) is 2. The predicted octanol–water partition coefficient (Wildman–Crippen LogP) is 3.30. The number of hydrogen-bond donors (Lipinski definition) is 2. The molecule has 0 spiro atoms. The molecule has 0 saturated heterocycles. The Balaban J connectivity index is 1.53. The molecule has 0 saturated carbocycles. The molecule has 2 aromatic carbocycles. The van der Waals surface area contributed by atoms with E-state index in [-0.39, 0.29) is 22.9 Å². The van der Waals surface area contributed by atoms with Gasteiger partial charge in [-0.05, 0) is 18.2 Å². The van der Waals surface area contributed by atoms with Gasteiger partial charge in [0.1, 0.15) is 10.6 Å². The van der Waals surface area contributed by atoms with Gasteiger partial charge in [0.05, 0.1) is 9.95 Å². The highest BCUT2D eigenvalue weighted by Gasteiger charge is 2.17. The number of non-ortho nitro benzene ring substituents is 1. The van der Waals surface area contributed by atoms with Crippen molar-refractivity contribution in [1.29, 1.82) is 0 Å². The molecular formula is C17H12ClN3O5S. The van der Waals surface area contributed by atoms with Crippen molar-refractivity contribution in [2.24, 2.45) is 0 Å². The molecule has 3 rings (SSSR count). The smallest absolute Gasteiger partial charge is 0.281 e. The summed E-state index contributed by atoms with van der Waals surface area (Å²) in [6.45, 7) is -0.377. The average Bonchev–Trinajstić information content (AvgIpc) is 3.02. The van der Waals surface area contributed by atoms with Gasteiger partial charge in [-0.25, -0.2) is 0 Å². The molecule has 8 nitrogen and oxygen atoms in total. The fourth-order valence-electron chi connectivity index (χ4n) is 2.19. The number of hydrazine groups is 1. The number of fused-ring (bicyclic) bond motifs is 1. The highest BCUT2D eigenvalue weighted by atomic mass is 35.5. The third kappa shape index (κ3) is 4.33. The summed E-state index contributed by atoms with van der Waals surface area (Å²) in [5.41, 5.74) is 4.42. The third-order valence-electron chi connectivity index (χ3n) is 3.47. The number of carbonyl (C=O) groups is 2. The van der Waals surface area contributed by atoms with Crippen molar-refractivity contribution in [3.63, 3.8) is 0 Å². The number of nitro benzene ring substituents is 1. The lowest BCUT2D eigenvalue weighted by molar-refractivity contribution is -0.384. The van der Waals surface area contributed by atoms with Crippen LogP contribution in [-0.4, -0.2) is 23.3 Å². The summed E-state index contributed by atoms with van der Waals surface area (Å²) in [5, 5.41) is 11.7. The minimum atomic E-state index is -0.598. The first-order valence-electron chi connectivity index (χ1n) is 7.59. The van der Waals surface area contributed by atoms with Crippen LogP contribution in [-0.2, 0) is 4.79 Å². The van der Waals surface area contributed by atoms with E-state index in [0.717, 1.165) is 10.1 Å². The van der Waals surface area contributed by atoms with E-state index < -0.39 is 16.7 Å². The van der Waals surface area contributed by atoms with E-state index in [9.17, 15) is 19.7 Å². The molecule has 2 amide bonds. The lowest BCUT2D eigenvalue weighted by atomic mass is 10.2. The maximum atomic E-state index is 12.2. The summed E-state index contributed by atoms with van der Waals surface area (Å²) in [6.07, 6.45) is 0. The van der Waals surface area contributed by atoms with Crippen molar-refractivity contribution in [3.8, 4) is 5.75 Å². The topological polar surface area (TPSA) is 111 Å². The second-order valence-electron chi connectivity index (χ2n) is 5.28. The van der Waals surface area contributed by atoms with E-state index in [4.69, 9.17) is 16.3 Å². The van der Waals surface area contributed by atoms with Gasteiger partial charge in [-0.2, -0.15) is 0 Å². The van der Waals surface area contributed by atoms with Gasteiger partial charge in [0.2, 0.25) is 0 Å². The number of halogens is 1. The number of ether oxygens (including phenoxy) is 1. The summed E-state index contributed by atoms with van der Waals surface area (Å²) in [6, 6.07) is 12.6. The van der Waals surface area contributed by atoms with Crippen LogP contribution >= 0.6 is 22.9 Å².